The molecular weight excluding hydrogens is 278 g/mol. The summed E-state index contributed by atoms with van der Waals surface area (Å²) in [5.41, 5.74) is 0. The van der Waals surface area contributed by atoms with E-state index in [1.165, 1.54) is 19.3 Å². The van der Waals surface area contributed by atoms with Gasteiger partial charge < -0.3 is 15.0 Å². The number of likely N-dealkylation sites (tertiary alicyclic amines) is 1. The molecule has 4 aliphatic rings. The number of hydrogen-bond acceptors (Lipinski definition) is 3. The Morgan fingerprint density at radius 1 is 1.14 bits per heavy atom. The van der Waals surface area contributed by atoms with Crippen LogP contribution in [-0.4, -0.2) is 65.3 Å². The molecule has 0 aromatic rings. The molecule has 4 bridgehead atoms. The third-order valence-corrected chi connectivity index (χ3v) is 6.14. The lowest BCUT2D eigenvalue weighted by Crippen LogP contribution is -2.51. The maximum atomic E-state index is 12.7. The van der Waals surface area contributed by atoms with Gasteiger partial charge >= 0.3 is 6.03 Å². The molecule has 0 unspecified atom stereocenters. The number of hydrogen-bond donors (Lipinski definition) is 1. The summed E-state index contributed by atoms with van der Waals surface area (Å²) in [6.45, 7) is 6.36. The van der Waals surface area contributed by atoms with E-state index in [9.17, 15) is 4.79 Å². The summed E-state index contributed by atoms with van der Waals surface area (Å²) in [5, 5.41) is 3.25. The molecule has 4 aliphatic heterocycles. The van der Waals surface area contributed by atoms with Crippen LogP contribution in [0.5, 0.6) is 0 Å². The summed E-state index contributed by atoms with van der Waals surface area (Å²) in [4.78, 5) is 17.4. The number of rotatable bonds is 2. The minimum absolute atomic E-state index is 0.136. The van der Waals surface area contributed by atoms with Crippen LogP contribution in [0, 0.1) is 0 Å². The monoisotopic (exact) mass is 307 g/mol. The van der Waals surface area contributed by atoms with Crippen molar-refractivity contribution >= 4 is 6.03 Å². The van der Waals surface area contributed by atoms with Gasteiger partial charge in [0.15, 0.2) is 0 Å². The smallest absolute Gasteiger partial charge is 0.317 e. The number of fused-ring (bicyclic) bond motifs is 4. The van der Waals surface area contributed by atoms with Gasteiger partial charge in [0.2, 0.25) is 0 Å². The zero-order valence-electron chi connectivity index (χ0n) is 13.8. The lowest BCUT2D eigenvalue weighted by atomic mass is 9.96. The van der Waals surface area contributed by atoms with Crippen molar-refractivity contribution in [3.8, 4) is 0 Å². The highest BCUT2D eigenvalue weighted by atomic mass is 16.5. The third-order valence-electron chi connectivity index (χ3n) is 6.14. The molecule has 4 fully saturated rings. The zero-order valence-corrected chi connectivity index (χ0v) is 13.8. The first-order chi connectivity index (χ1) is 10.6. The van der Waals surface area contributed by atoms with Crippen LogP contribution >= 0.6 is 0 Å². The average Bonchev–Trinajstić information content (AvgIpc) is 3.12. The van der Waals surface area contributed by atoms with Crippen LogP contribution < -0.4 is 5.32 Å². The van der Waals surface area contributed by atoms with E-state index in [0.717, 1.165) is 32.4 Å². The zero-order chi connectivity index (χ0) is 15.3. The minimum Gasteiger partial charge on any atom is -0.373 e. The fourth-order valence-electron chi connectivity index (χ4n) is 5.18. The SMILES string of the molecule is CC(C)N1[C@H]2CC[C@H]1CN(C(=O)N[C@H]1C[C@H]3CC[C@H]1O3)CC2. The van der Waals surface area contributed by atoms with Gasteiger partial charge in [0, 0.05) is 31.2 Å². The highest BCUT2D eigenvalue weighted by Crippen LogP contribution is 2.35. The van der Waals surface area contributed by atoms with Crippen molar-refractivity contribution in [1.82, 2.24) is 15.1 Å². The standard InChI is InChI=1S/C17H29N3O2/c1-11(2)20-12-3-4-13(20)10-19(8-7-12)17(21)18-15-9-14-5-6-16(15)22-14/h11-16H,3-10H2,1-2H3,(H,18,21)/t12-,13-,14+,15-,16+/m0/s1. The number of carbonyl (C=O) groups excluding carboxylic acids is 1. The second kappa shape index (κ2) is 5.68. The predicted molar refractivity (Wildman–Crippen MR) is 84.8 cm³/mol. The highest BCUT2D eigenvalue weighted by Gasteiger charge is 2.43. The number of ether oxygens (including phenoxy) is 1. The minimum atomic E-state index is 0.136. The quantitative estimate of drug-likeness (QED) is 0.848. The number of nitrogens with one attached hydrogen (secondary N) is 1. The molecule has 2 amide bonds. The molecule has 5 atom stereocenters. The van der Waals surface area contributed by atoms with E-state index >= 15 is 0 Å². The van der Waals surface area contributed by atoms with Crippen LogP contribution in [0.2, 0.25) is 0 Å². The summed E-state index contributed by atoms with van der Waals surface area (Å²) in [6, 6.07) is 2.19. The van der Waals surface area contributed by atoms with Crippen molar-refractivity contribution in [2.45, 2.75) is 88.7 Å². The highest BCUT2D eigenvalue weighted by molar-refractivity contribution is 5.74. The largest absolute Gasteiger partial charge is 0.373 e. The second-order valence-electron chi connectivity index (χ2n) is 7.83. The molecule has 1 N–H and O–H groups in total. The lowest BCUT2D eigenvalue weighted by molar-refractivity contribution is 0.0967. The molecule has 4 saturated heterocycles. The molecule has 0 spiro atoms. The first-order valence-corrected chi connectivity index (χ1v) is 9.10. The van der Waals surface area contributed by atoms with Gasteiger partial charge in [-0.15, -0.1) is 0 Å². The van der Waals surface area contributed by atoms with Gasteiger partial charge in [-0.1, -0.05) is 0 Å². The van der Waals surface area contributed by atoms with E-state index in [2.05, 4.69) is 29.0 Å². The van der Waals surface area contributed by atoms with E-state index < -0.39 is 0 Å². The molecule has 4 rings (SSSR count). The first kappa shape index (κ1) is 14.8. The van der Waals surface area contributed by atoms with Crippen molar-refractivity contribution in [2.24, 2.45) is 0 Å². The van der Waals surface area contributed by atoms with Gasteiger partial charge in [0.05, 0.1) is 18.2 Å². The Bertz CT molecular complexity index is 442. The van der Waals surface area contributed by atoms with Crippen molar-refractivity contribution < 1.29 is 9.53 Å². The number of nitrogens with zero attached hydrogens (tertiary/aromatic N) is 2. The Morgan fingerprint density at radius 3 is 2.64 bits per heavy atom. The molecule has 0 aromatic carbocycles. The van der Waals surface area contributed by atoms with Crippen molar-refractivity contribution in [2.75, 3.05) is 13.1 Å². The van der Waals surface area contributed by atoms with Crippen molar-refractivity contribution in [3.63, 3.8) is 0 Å². The maximum Gasteiger partial charge on any atom is 0.317 e. The molecule has 22 heavy (non-hydrogen) atoms. The summed E-state index contributed by atoms with van der Waals surface area (Å²) >= 11 is 0. The van der Waals surface area contributed by atoms with Crippen molar-refractivity contribution in [1.29, 1.82) is 0 Å². The number of carbonyl (C=O) groups is 1. The van der Waals surface area contributed by atoms with Crippen molar-refractivity contribution in [3.05, 3.63) is 0 Å². The Labute approximate surface area is 133 Å². The number of urea groups is 1. The second-order valence-corrected chi connectivity index (χ2v) is 7.83. The van der Waals surface area contributed by atoms with Crippen LogP contribution in [-0.2, 0) is 4.74 Å². The molecule has 5 nitrogen and oxygen atoms in total. The normalized spacial score (nSPS) is 41.2. The Kier molecular flexibility index (Phi) is 3.81. The van der Waals surface area contributed by atoms with E-state index in [-0.39, 0.29) is 18.2 Å². The topological polar surface area (TPSA) is 44.8 Å². The van der Waals surface area contributed by atoms with Gasteiger partial charge in [-0.25, -0.2) is 4.79 Å². The predicted octanol–water partition coefficient (Wildman–Crippen LogP) is 1.96. The van der Waals surface area contributed by atoms with Crippen LogP contribution in [0.1, 0.15) is 52.4 Å². The van der Waals surface area contributed by atoms with Gasteiger partial charge in [-0.2, -0.15) is 0 Å². The summed E-state index contributed by atoms with van der Waals surface area (Å²) in [5.74, 6) is 0. The molecule has 0 saturated carbocycles. The van der Waals surface area contributed by atoms with Gasteiger partial charge in [-0.05, 0) is 52.4 Å². The van der Waals surface area contributed by atoms with E-state index in [4.69, 9.17) is 4.74 Å². The van der Waals surface area contributed by atoms with Gasteiger partial charge in [0.25, 0.3) is 0 Å². The molecule has 0 radical (unpaired) electrons. The van der Waals surface area contributed by atoms with Crippen LogP contribution in [0.15, 0.2) is 0 Å². The summed E-state index contributed by atoms with van der Waals surface area (Å²) in [6.07, 6.45) is 7.62. The average molecular weight is 307 g/mol. The maximum absolute atomic E-state index is 12.7. The van der Waals surface area contributed by atoms with E-state index in [1.54, 1.807) is 0 Å². The molecule has 0 aliphatic carbocycles. The summed E-state index contributed by atoms with van der Waals surface area (Å²) < 4.78 is 5.85. The third kappa shape index (κ3) is 2.52. The molecule has 124 valence electrons. The van der Waals surface area contributed by atoms with Crippen LogP contribution in [0.25, 0.3) is 0 Å². The van der Waals surface area contributed by atoms with E-state index in [0.29, 0.717) is 24.2 Å². The fraction of sp³-hybridized carbons (Fsp3) is 0.941. The number of amides is 2. The molecule has 4 heterocycles. The molecular formula is C17H29N3O2. The summed E-state index contributed by atoms with van der Waals surface area (Å²) in [7, 11) is 0. The molecule has 0 aromatic heterocycles. The Morgan fingerprint density at radius 2 is 1.95 bits per heavy atom. The Balaban J connectivity index is 1.38. The first-order valence-electron chi connectivity index (χ1n) is 9.10. The van der Waals surface area contributed by atoms with E-state index in [1.807, 2.05) is 0 Å². The van der Waals surface area contributed by atoms with Gasteiger partial charge in [-0.3, -0.25) is 4.90 Å². The van der Waals surface area contributed by atoms with Crippen LogP contribution in [0.4, 0.5) is 4.79 Å². The van der Waals surface area contributed by atoms with Crippen LogP contribution in [0.3, 0.4) is 0 Å². The molecule has 5 heteroatoms. The Hall–Kier alpha value is -0.810. The lowest BCUT2D eigenvalue weighted by Gasteiger charge is -2.32. The van der Waals surface area contributed by atoms with Gasteiger partial charge in [0.1, 0.15) is 0 Å². The fourth-order valence-corrected chi connectivity index (χ4v) is 5.18.